The van der Waals surface area contributed by atoms with E-state index in [1.54, 1.807) is 0 Å². The average molecular weight is 143 g/mol. The number of aryl methyl sites for hydroxylation is 1. The number of thiol groups is 1. The van der Waals surface area contributed by atoms with E-state index < -0.39 is 0 Å². The summed E-state index contributed by atoms with van der Waals surface area (Å²) in [6, 6.07) is 3.69. The second kappa shape index (κ2) is 2.45. The monoisotopic (exact) mass is 143 g/mol. The van der Waals surface area contributed by atoms with Gasteiger partial charge in [0.2, 0.25) is 0 Å². The summed E-state index contributed by atoms with van der Waals surface area (Å²) in [6.07, 6.45) is 0. The molecule has 50 valence electrons. The molecule has 0 radical (unpaired) electrons. The molecule has 0 amide bonds. The fourth-order valence-corrected chi connectivity index (χ4v) is 0.751. The molecule has 0 saturated carbocycles. The van der Waals surface area contributed by atoms with E-state index in [0.717, 1.165) is 11.5 Å². The third-order valence-corrected chi connectivity index (χ3v) is 1.31. The lowest BCUT2D eigenvalue weighted by molar-refractivity contribution is 0.483. The average Bonchev–Trinajstić information content (AvgIpc) is 2.14. The van der Waals surface area contributed by atoms with Crippen LogP contribution in [-0.4, -0.2) is 0 Å². The maximum atomic E-state index is 5.40. The molecule has 2 nitrogen and oxygen atoms in total. The number of hydrogen-bond donors (Lipinski definition) is 2. The lowest BCUT2D eigenvalue weighted by Crippen LogP contribution is -1.99. The molecule has 0 saturated heterocycles. The first-order valence-corrected chi connectivity index (χ1v) is 3.22. The smallest absolute Gasteiger partial charge is 0.130 e. The van der Waals surface area contributed by atoms with Crippen LogP contribution in [-0.2, 0) is 0 Å². The van der Waals surface area contributed by atoms with Gasteiger partial charge in [-0.2, -0.15) is 12.6 Å². The Kier molecular flexibility index (Phi) is 1.83. The highest BCUT2D eigenvalue weighted by Gasteiger charge is 2.02. The molecule has 9 heavy (non-hydrogen) atoms. The van der Waals surface area contributed by atoms with Gasteiger partial charge in [-0.3, -0.25) is 0 Å². The zero-order valence-electron chi connectivity index (χ0n) is 5.16. The van der Waals surface area contributed by atoms with Crippen LogP contribution in [0.4, 0.5) is 0 Å². The van der Waals surface area contributed by atoms with Crippen molar-refractivity contribution in [2.75, 3.05) is 0 Å². The number of furan rings is 1. The van der Waals surface area contributed by atoms with Crippen molar-refractivity contribution in [2.45, 2.75) is 12.3 Å². The van der Waals surface area contributed by atoms with Crippen molar-refractivity contribution >= 4 is 12.6 Å². The second-order valence-corrected chi connectivity index (χ2v) is 2.45. The van der Waals surface area contributed by atoms with Crippen LogP contribution >= 0.6 is 12.6 Å². The topological polar surface area (TPSA) is 39.2 Å². The first-order valence-electron chi connectivity index (χ1n) is 2.70. The summed E-state index contributed by atoms with van der Waals surface area (Å²) >= 11 is 3.98. The molecule has 1 heterocycles. The fraction of sp³-hybridized carbons (Fsp3) is 0.333. The third-order valence-electron chi connectivity index (χ3n) is 1.05. The van der Waals surface area contributed by atoms with Gasteiger partial charge in [-0.05, 0) is 19.1 Å². The van der Waals surface area contributed by atoms with Crippen LogP contribution in [0.15, 0.2) is 16.5 Å². The summed E-state index contributed by atoms with van der Waals surface area (Å²) in [4.78, 5) is 0. The molecule has 2 N–H and O–H groups in total. The molecule has 0 aliphatic heterocycles. The van der Waals surface area contributed by atoms with Gasteiger partial charge in [0.25, 0.3) is 0 Å². The molecule has 0 aliphatic rings. The Morgan fingerprint density at radius 1 is 1.67 bits per heavy atom. The van der Waals surface area contributed by atoms with Gasteiger partial charge in [0.1, 0.15) is 16.9 Å². The minimum atomic E-state index is -0.293. The Bertz CT molecular complexity index is 195. The Labute approximate surface area is 59.5 Å². The predicted octanol–water partition coefficient (Wildman–Crippen LogP) is 1.48. The molecular weight excluding hydrogens is 134 g/mol. The van der Waals surface area contributed by atoms with Gasteiger partial charge < -0.3 is 10.2 Å². The van der Waals surface area contributed by atoms with Gasteiger partial charge in [-0.15, -0.1) is 0 Å². The summed E-state index contributed by atoms with van der Waals surface area (Å²) in [5.74, 6) is 1.59. The summed E-state index contributed by atoms with van der Waals surface area (Å²) in [7, 11) is 0. The van der Waals surface area contributed by atoms with Crippen LogP contribution in [0.3, 0.4) is 0 Å². The van der Waals surface area contributed by atoms with Crippen molar-refractivity contribution in [1.82, 2.24) is 0 Å². The fourth-order valence-electron chi connectivity index (χ4n) is 0.612. The van der Waals surface area contributed by atoms with E-state index in [0.29, 0.717) is 0 Å². The molecule has 1 aromatic heterocycles. The van der Waals surface area contributed by atoms with E-state index in [1.165, 1.54) is 0 Å². The molecular formula is C6H9NOS. The number of rotatable bonds is 1. The minimum absolute atomic E-state index is 0.293. The quantitative estimate of drug-likeness (QED) is 0.461. The first-order chi connectivity index (χ1) is 4.20. The largest absolute Gasteiger partial charge is 0.464 e. The Balaban J connectivity index is 2.85. The zero-order valence-corrected chi connectivity index (χ0v) is 6.06. The van der Waals surface area contributed by atoms with E-state index in [2.05, 4.69) is 12.6 Å². The zero-order chi connectivity index (χ0) is 6.85. The molecule has 0 aliphatic carbocycles. The molecule has 1 rings (SSSR count). The predicted molar refractivity (Wildman–Crippen MR) is 39.4 cm³/mol. The Hall–Kier alpha value is -0.410. The summed E-state index contributed by atoms with van der Waals surface area (Å²) < 4.78 is 5.14. The lowest BCUT2D eigenvalue weighted by atomic mass is 10.4. The van der Waals surface area contributed by atoms with Gasteiger partial charge >= 0.3 is 0 Å². The van der Waals surface area contributed by atoms with Crippen molar-refractivity contribution in [3.05, 3.63) is 23.7 Å². The molecule has 0 spiro atoms. The first kappa shape index (κ1) is 6.71. The number of nitrogens with two attached hydrogens (primary N) is 1. The normalized spacial score (nSPS) is 13.7. The van der Waals surface area contributed by atoms with E-state index in [-0.39, 0.29) is 5.37 Å². The molecule has 1 aromatic rings. The number of hydrogen-bond acceptors (Lipinski definition) is 3. The van der Waals surface area contributed by atoms with E-state index in [9.17, 15) is 0 Å². The van der Waals surface area contributed by atoms with Crippen LogP contribution in [0.5, 0.6) is 0 Å². The van der Waals surface area contributed by atoms with E-state index in [4.69, 9.17) is 10.2 Å². The molecule has 0 fully saturated rings. The summed E-state index contributed by atoms with van der Waals surface area (Å²) in [5.41, 5.74) is 5.40. The highest BCUT2D eigenvalue weighted by Crippen LogP contribution is 2.15. The molecule has 0 bridgehead atoms. The van der Waals surface area contributed by atoms with Crippen molar-refractivity contribution in [3.63, 3.8) is 0 Å². The van der Waals surface area contributed by atoms with Gasteiger partial charge in [-0.1, -0.05) is 0 Å². The summed E-state index contributed by atoms with van der Waals surface area (Å²) in [6.45, 7) is 1.87. The van der Waals surface area contributed by atoms with Gasteiger partial charge in [0.15, 0.2) is 0 Å². The Morgan fingerprint density at radius 2 is 2.33 bits per heavy atom. The maximum absolute atomic E-state index is 5.40. The van der Waals surface area contributed by atoms with E-state index >= 15 is 0 Å². The Morgan fingerprint density at radius 3 is 2.56 bits per heavy atom. The van der Waals surface area contributed by atoms with Crippen LogP contribution in [0, 0.1) is 6.92 Å². The molecule has 1 unspecified atom stereocenters. The van der Waals surface area contributed by atoms with Crippen LogP contribution in [0.25, 0.3) is 0 Å². The van der Waals surface area contributed by atoms with Crippen LogP contribution in [0.2, 0.25) is 0 Å². The lowest BCUT2D eigenvalue weighted by Gasteiger charge is -1.95. The van der Waals surface area contributed by atoms with Crippen molar-refractivity contribution in [1.29, 1.82) is 0 Å². The van der Waals surface area contributed by atoms with Crippen molar-refractivity contribution in [3.8, 4) is 0 Å². The molecule has 1 atom stereocenters. The van der Waals surface area contributed by atoms with Crippen molar-refractivity contribution in [2.24, 2.45) is 5.73 Å². The third kappa shape index (κ3) is 1.50. The van der Waals surface area contributed by atoms with Crippen LogP contribution < -0.4 is 5.73 Å². The van der Waals surface area contributed by atoms with Gasteiger partial charge in [-0.25, -0.2) is 0 Å². The van der Waals surface area contributed by atoms with Crippen molar-refractivity contribution < 1.29 is 4.42 Å². The van der Waals surface area contributed by atoms with Crippen LogP contribution in [0.1, 0.15) is 16.9 Å². The van der Waals surface area contributed by atoms with E-state index in [1.807, 2.05) is 19.1 Å². The highest BCUT2D eigenvalue weighted by molar-refractivity contribution is 7.80. The second-order valence-electron chi connectivity index (χ2n) is 1.89. The molecule has 0 aromatic carbocycles. The highest BCUT2D eigenvalue weighted by atomic mass is 32.1. The maximum Gasteiger partial charge on any atom is 0.130 e. The minimum Gasteiger partial charge on any atom is -0.464 e. The summed E-state index contributed by atoms with van der Waals surface area (Å²) in [5, 5.41) is -0.293. The molecule has 3 heteroatoms. The SMILES string of the molecule is Cc1ccc(C(N)S)o1. The standard InChI is InChI=1S/C6H9NOS/c1-4-2-3-5(8-4)6(7)9/h2-3,6,9H,7H2,1H3. The van der Waals surface area contributed by atoms with Gasteiger partial charge in [0.05, 0.1) is 0 Å². The van der Waals surface area contributed by atoms with Gasteiger partial charge in [0, 0.05) is 0 Å².